The molecule has 2 rings (SSSR count). The molecular weight excluding hydrogens is 288 g/mol. The zero-order chi connectivity index (χ0) is 16.7. The molecule has 23 heavy (non-hydrogen) atoms. The van der Waals surface area contributed by atoms with E-state index in [1.807, 2.05) is 43.1 Å². The fourth-order valence-corrected chi connectivity index (χ4v) is 2.30. The summed E-state index contributed by atoms with van der Waals surface area (Å²) in [7, 11) is 1.95. The molecule has 120 valence electrons. The van der Waals surface area contributed by atoms with Crippen LogP contribution in [0.2, 0.25) is 0 Å². The molecule has 2 aromatic carbocycles. The van der Waals surface area contributed by atoms with Crippen LogP contribution in [-0.4, -0.2) is 36.8 Å². The van der Waals surface area contributed by atoms with Gasteiger partial charge in [0.2, 0.25) is 0 Å². The number of hydrogen-bond acceptors (Lipinski definition) is 4. The minimum Gasteiger partial charge on any atom is -0.492 e. The smallest absolute Gasteiger partial charge is 0.119 e. The van der Waals surface area contributed by atoms with Crippen LogP contribution in [0.3, 0.4) is 0 Å². The molecule has 4 nitrogen and oxygen atoms in total. The molecule has 1 N–H and O–H groups in total. The second-order valence-electron chi connectivity index (χ2n) is 5.68. The van der Waals surface area contributed by atoms with Gasteiger partial charge in [0.1, 0.15) is 12.4 Å². The number of benzene rings is 2. The van der Waals surface area contributed by atoms with Crippen LogP contribution in [0.15, 0.2) is 48.5 Å². The molecule has 0 saturated heterocycles. The quantitative estimate of drug-likeness (QED) is 0.854. The first-order valence-electron chi connectivity index (χ1n) is 7.64. The third-order valence-corrected chi connectivity index (χ3v) is 3.64. The SMILES string of the molecule is Cc1cccc(OCCN(C)CC(O)c2ccc(C#N)cc2)c1. The first kappa shape index (κ1) is 17.0. The molecule has 0 aliphatic rings. The molecule has 0 bridgehead atoms. The van der Waals surface area contributed by atoms with Gasteiger partial charge in [-0.05, 0) is 49.4 Å². The Labute approximate surface area is 137 Å². The van der Waals surface area contributed by atoms with Gasteiger partial charge >= 0.3 is 0 Å². The van der Waals surface area contributed by atoms with E-state index in [0.29, 0.717) is 18.7 Å². The van der Waals surface area contributed by atoms with E-state index in [2.05, 4.69) is 6.07 Å². The lowest BCUT2D eigenvalue weighted by Crippen LogP contribution is -2.28. The van der Waals surface area contributed by atoms with Crippen molar-refractivity contribution in [3.8, 4) is 11.8 Å². The van der Waals surface area contributed by atoms with Gasteiger partial charge in [0.15, 0.2) is 0 Å². The molecule has 0 radical (unpaired) electrons. The second-order valence-corrected chi connectivity index (χ2v) is 5.68. The highest BCUT2D eigenvalue weighted by Crippen LogP contribution is 2.15. The largest absolute Gasteiger partial charge is 0.492 e. The van der Waals surface area contributed by atoms with E-state index in [1.54, 1.807) is 24.3 Å². The van der Waals surface area contributed by atoms with E-state index in [-0.39, 0.29) is 0 Å². The van der Waals surface area contributed by atoms with Gasteiger partial charge in [-0.3, -0.25) is 0 Å². The highest BCUT2D eigenvalue weighted by Gasteiger charge is 2.10. The zero-order valence-electron chi connectivity index (χ0n) is 13.6. The monoisotopic (exact) mass is 310 g/mol. The van der Waals surface area contributed by atoms with Crippen LogP contribution >= 0.6 is 0 Å². The summed E-state index contributed by atoms with van der Waals surface area (Å²) in [4.78, 5) is 2.03. The highest BCUT2D eigenvalue weighted by atomic mass is 16.5. The van der Waals surface area contributed by atoms with Crippen molar-refractivity contribution in [2.75, 3.05) is 26.7 Å². The normalized spacial score (nSPS) is 12.0. The van der Waals surface area contributed by atoms with E-state index in [0.717, 1.165) is 17.9 Å². The lowest BCUT2D eigenvalue weighted by Gasteiger charge is -2.21. The van der Waals surface area contributed by atoms with Crippen molar-refractivity contribution < 1.29 is 9.84 Å². The number of likely N-dealkylation sites (N-methyl/N-ethyl adjacent to an activating group) is 1. The third-order valence-electron chi connectivity index (χ3n) is 3.64. The lowest BCUT2D eigenvalue weighted by molar-refractivity contribution is 0.118. The van der Waals surface area contributed by atoms with Gasteiger partial charge in [-0.1, -0.05) is 24.3 Å². The average molecular weight is 310 g/mol. The maximum absolute atomic E-state index is 10.2. The Hall–Kier alpha value is -2.35. The molecule has 0 heterocycles. The summed E-state index contributed by atoms with van der Waals surface area (Å²) in [5.74, 6) is 0.867. The number of aliphatic hydroxyl groups excluding tert-OH is 1. The second kappa shape index (κ2) is 8.33. The lowest BCUT2D eigenvalue weighted by atomic mass is 10.1. The zero-order valence-corrected chi connectivity index (χ0v) is 13.6. The summed E-state index contributed by atoms with van der Waals surface area (Å²) in [6.45, 7) is 3.84. The number of ether oxygens (including phenoxy) is 1. The molecule has 1 unspecified atom stereocenters. The van der Waals surface area contributed by atoms with Crippen LogP contribution in [-0.2, 0) is 0 Å². The molecule has 0 aromatic heterocycles. The van der Waals surface area contributed by atoms with Gasteiger partial charge in [0.25, 0.3) is 0 Å². The Morgan fingerprint density at radius 1 is 1.22 bits per heavy atom. The molecule has 4 heteroatoms. The van der Waals surface area contributed by atoms with Crippen molar-refractivity contribution in [3.05, 3.63) is 65.2 Å². The summed E-state index contributed by atoms with van der Waals surface area (Å²) in [5.41, 5.74) is 2.59. The Kier molecular flexibility index (Phi) is 6.16. The fraction of sp³-hybridized carbons (Fsp3) is 0.316. The van der Waals surface area contributed by atoms with Crippen LogP contribution in [0, 0.1) is 18.3 Å². The minimum atomic E-state index is -0.577. The van der Waals surface area contributed by atoms with Crippen LogP contribution in [0.25, 0.3) is 0 Å². The van der Waals surface area contributed by atoms with Crippen molar-refractivity contribution >= 4 is 0 Å². The minimum absolute atomic E-state index is 0.517. The Morgan fingerprint density at radius 3 is 2.61 bits per heavy atom. The van der Waals surface area contributed by atoms with Crippen molar-refractivity contribution in [2.24, 2.45) is 0 Å². The van der Waals surface area contributed by atoms with E-state index >= 15 is 0 Å². The highest BCUT2D eigenvalue weighted by molar-refractivity contribution is 5.32. The number of hydrogen-bond donors (Lipinski definition) is 1. The molecule has 0 saturated carbocycles. The first-order chi connectivity index (χ1) is 11.1. The van der Waals surface area contributed by atoms with Gasteiger partial charge in [0, 0.05) is 13.1 Å². The van der Waals surface area contributed by atoms with Crippen molar-refractivity contribution in [1.29, 1.82) is 5.26 Å². The van der Waals surface area contributed by atoms with E-state index in [4.69, 9.17) is 10.00 Å². The van der Waals surface area contributed by atoms with Crippen molar-refractivity contribution in [3.63, 3.8) is 0 Å². The molecule has 0 amide bonds. The van der Waals surface area contributed by atoms with E-state index in [9.17, 15) is 5.11 Å². The predicted molar refractivity (Wildman–Crippen MR) is 90.3 cm³/mol. The van der Waals surface area contributed by atoms with Crippen LogP contribution in [0.1, 0.15) is 22.8 Å². The van der Waals surface area contributed by atoms with Gasteiger partial charge in [-0.2, -0.15) is 5.26 Å². The standard InChI is InChI=1S/C19H22N2O2/c1-15-4-3-5-18(12-15)23-11-10-21(2)14-19(22)17-8-6-16(13-20)7-9-17/h3-9,12,19,22H,10-11,14H2,1-2H3. The van der Waals surface area contributed by atoms with E-state index < -0.39 is 6.10 Å². The molecule has 1 atom stereocenters. The predicted octanol–water partition coefficient (Wildman–Crippen LogP) is 2.91. The van der Waals surface area contributed by atoms with Crippen molar-refractivity contribution in [2.45, 2.75) is 13.0 Å². The summed E-state index contributed by atoms with van der Waals surface area (Å²) in [5, 5.41) is 19.0. The van der Waals surface area contributed by atoms with Crippen molar-refractivity contribution in [1.82, 2.24) is 4.90 Å². The molecule has 0 aliphatic heterocycles. The number of aryl methyl sites for hydroxylation is 1. The number of nitrogens with zero attached hydrogens (tertiary/aromatic N) is 2. The molecular formula is C19H22N2O2. The van der Waals surface area contributed by atoms with Crippen LogP contribution in [0.5, 0.6) is 5.75 Å². The number of rotatable bonds is 7. The Bertz CT molecular complexity index is 662. The fourth-order valence-electron chi connectivity index (χ4n) is 2.30. The molecule has 0 fully saturated rings. The molecule has 0 aliphatic carbocycles. The van der Waals surface area contributed by atoms with Crippen LogP contribution < -0.4 is 4.74 Å². The molecule has 0 spiro atoms. The maximum Gasteiger partial charge on any atom is 0.119 e. The summed E-state index contributed by atoms with van der Waals surface area (Å²) >= 11 is 0. The van der Waals surface area contributed by atoms with E-state index in [1.165, 1.54) is 5.56 Å². The molecule has 2 aromatic rings. The third kappa shape index (κ3) is 5.41. The summed E-state index contributed by atoms with van der Waals surface area (Å²) < 4.78 is 5.72. The maximum atomic E-state index is 10.2. The summed E-state index contributed by atoms with van der Waals surface area (Å²) in [6.07, 6.45) is -0.577. The number of aliphatic hydroxyl groups is 1. The summed E-state index contributed by atoms with van der Waals surface area (Å²) in [6, 6.07) is 17.1. The average Bonchev–Trinajstić information content (AvgIpc) is 2.55. The first-order valence-corrected chi connectivity index (χ1v) is 7.64. The Morgan fingerprint density at radius 2 is 1.96 bits per heavy atom. The van der Waals surface area contributed by atoms with Gasteiger partial charge in [-0.25, -0.2) is 0 Å². The number of nitriles is 1. The Balaban J connectivity index is 1.77. The van der Waals surface area contributed by atoms with Gasteiger partial charge < -0.3 is 14.7 Å². The van der Waals surface area contributed by atoms with Gasteiger partial charge in [-0.15, -0.1) is 0 Å². The van der Waals surface area contributed by atoms with Gasteiger partial charge in [0.05, 0.1) is 17.7 Å². The van der Waals surface area contributed by atoms with Crippen LogP contribution in [0.4, 0.5) is 0 Å². The topological polar surface area (TPSA) is 56.5 Å².